The third kappa shape index (κ3) is 2.68. The average Bonchev–Trinajstić information content (AvgIpc) is 2.82. The van der Waals surface area contributed by atoms with Crippen LogP contribution in [0.2, 0.25) is 0 Å². The van der Waals surface area contributed by atoms with E-state index in [0.717, 1.165) is 31.3 Å². The van der Waals surface area contributed by atoms with Crippen LogP contribution in [0.3, 0.4) is 0 Å². The van der Waals surface area contributed by atoms with Gasteiger partial charge in [-0.25, -0.2) is 0 Å². The van der Waals surface area contributed by atoms with Crippen LogP contribution in [0.1, 0.15) is 36.0 Å². The van der Waals surface area contributed by atoms with Gasteiger partial charge in [0, 0.05) is 12.5 Å². The van der Waals surface area contributed by atoms with Crippen LogP contribution < -0.4 is 5.32 Å². The van der Waals surface area contributed by atoms with E-state index in [-0.39, 0.29) is 0 Å². The summed E-state index contributed by atoms with van der Waals surface area (Å²) in [6.45, 7) is 5.05. The fraction of sp³-hybridized carbons (Fsp3) is 0.467. The Morgan fingerprint density at radius 2 is 2.11 bits per heavy atom. The lowest BCUT2D eigenvalue weighted by molar-refractivity contribution is 0.434. The second kappa shape index (κ2) is 5.53. The van der Waals surface area contributed by atoms with Crippen molar-refractivity contribution in [1.29, 1.82) is 0 Å². The van der Waals surface area contributed by atoms with Crippen molar-refractivity contribution in [3.8, 4) is 0 Å². The van der Waals surface area contributed by atoms with Crippen LogP contribution >= 0.6 is 0 Å². The molecule has 2 heterocycles. The van der Waals surface area contributed by atoms with Crippen molar-refractivity contribution >= 4 is 0 Å². The molecule has 4 heteroatoms. The van der Waals surface area contributed by atoms with Crippen molar-refractivity contribution in [2.45, 2.75) is 32.2 Å². The molecule has 1 N–H and O–H groups in total. The first-order valence-electron chi connectivity index (χ1n) is 6.99. The van der Waals surface area contributed by atoms with E-state index in [0.29, 0.717) is 5.92 Å². The zero-order chi connectivity index (χ0) is 13.1. The summed E-state index contributed by atoms with van der Waals surface area (Å²) in [5, 5.41) is 12.1. The van der Waals surface area contributed by atoms with Gasteiger partial charge < -0.3 is 9.88 Å². The Kier molecular flexibility index (Phi) is 3.60. The molecule has 3 rings (SSSR count). The number of nitrogens with one attached hydrogen (secondary N) is 1. The molecule has 1 unspecified atom stereocenters. The maximum absolute atomic E-state index is 4.41. The van der Waals surface area contributed by atoms with Crippen LogP contribution in [0, 0.1) is 6.92 Å². The summed E-state index contributed by atoms with van der Waals surface area (Å²) < 4.78 is 2.26. The predicted octanol–water partition coefficient (Wildman–Crippen LogP) is 2.10. The lowest BCUT2D eigenvalue weighted by atomic mass is 9.98. The number of nitrogens with zero attached hydrogens (tertiary/aromatic N) is 3. The summed E-state index contributed by atoms with van der Waals surface area (Å²) in [4.78, 5) is 0. The minimum atomic E-state index is 0.499. The van der Waals surface area contributed by atoms with Gasteiger partial charge in [-0.05, 0) is 31.9 Å². The van der Waals surface area contributed by atoms with E-state index < -0.39 is 0 Å². The number of aromatic nitrogens is 3. The Bertz CT molecular complexity index is 526. The van der Waals surface area contributed by atoms with E-state index in [2.05, 4.69) is 50.4 Å². The molecular formula is C15H20N4. The van der Waals surface area contributed by atoms with Gasteiger partial charge in [-0.3, -0.25) is 0 Å². The van der Waals surface area contributed by atoms with Crippen molar-refractivity contribution in [2.24, 2.45) is 0 Å². The van der Waals surface area contributed by atoms with Crippen LogP contribution in [-0.2, 0) is 6.54 Å². The average molecular weight is 256 g/mol. The van der Waals surface area contributed by atoms with Gasteiger partial charge >= 0.3 is 0 Å². The first-order chi connectivity index (χ1) is 9.34. The Morgan fingerprint density at radius 3 is 2.84 bits per heavy atom. The molecule has 4 nitrogen and oxygen atoms in total. The van der Waals surface area contributed by atoms with E-state index in [1.54, 1.807) is 0 Å². The minimum absolute atomic E-state index is 0.499. The van der Waals surface area contributed by atoms with Gasteiger partial charge in [-0.15, -0.1) is 10.2 Å². The highest BCUT2D eigenvalue weighted by atomic mass is 15.3. The Hall–Kier alpha value is -1.68. The smallest absolute Gasteiger partial charge is 0.137 e. The van der Waals surface area contributed by atoms with Crippen molar-refractivity contribution in [2.75, 3.05) is 13.1 Å². The highest BCUT2D eigenvalue weighted by Crippen LogP contribution is 2.22. The number of aryl methyl sites for hydroxylation is 1. The van der Waals surface area contributed by atoms with Crippen LogP contribution in [0.15, 0.2) is 30.3 Å². The maximum atomic E-state index is 4.41. The quantitative estimate of drug-likeness (QED) is 0.914. The largest absolute Gasteiger partial charge is 0.316 e. The molecule has 1 aliphatic heterocycles. The molecule has 1 fully saturated rings. The molecule has 0 bridgehead atoms. The topological polar surface area (TPSA) is 42.7 Å². The molecule has 1 aromatic carbocycles. The monoisotopic (exact) mass is 256 g/mol. The molecule has 0 saturated carbocycles. The Labute approximate surface area is 113 Å². The summed E-state index contributed by atoms with van der Waals surface area (Å²) in [6.07, 6.45) is 2.43. The first-order valence-corrected chi connectivity index (χ1v) is 6.99. The van der Waals surface area contributed by atoms with Crippen LogP contribution in [0.25, 0.3) is 0 Å². The molecule has 19 heavy (non-hydrogen) atoms. The van der Waals surface area contributed by atoms with E-state index >= 15 is 0 Å². The standard InChI is InChI=1S/C15H20N4/c1-12-17-18-15(14-8-5-9-16-10-14)19(12)11-13-6-3-2-4-7-13/h2-4,6-7,14,16H,5,8-11H2,1H3. The van der Waals surface area contributed by atoms with Gasteiger partial charge in [0.25, 0.3) is 0 Å². The molecule has 100 valence electrons. The van der Waals surface area contributed by atoms with Crippen molar-refractivity contribution in [1.82, 2.24) is 20.1 Å². The third-order valence-corrected chi connectivity index (χ3v) is 3.81. The van der Waals surface area contributed by atoms with Crippen LogP contribution in [-0.4, -0.2) is 27.9 Å². The molecule has 0 spiro atoms. The number of hydrogen-bond donors (Lipinski definition) is 1. The highest BCUT2D eigenvalue weighted by Gasteiger charge is 2.21. The van der Waals surface area contributed by atoms with Crippen LogP contribution in [0.4, 0.5) is 0 Å². The van der Waals surface area contributed by atoms with E-state index in [4.69, 9.17) is 0 Å². The lowest BCUT2D eigenvalue weighted by Gasteiger charge is -2.22. The highest BCUT2D eigenvalue weighted by molar-refractivity contribution is 5.17. The molecule has 1 atom stereocenters. The Balaban J connectivity index is 1.86. The van der Waals surface area contributed by atoms with E-state index in [1.165, 1.54) is 18.4 Å². The van der Waals surface area contributed by atoms with E-state index in [9.17, 15) is 0 Å². The zero-order valence-electron chi connectivity index (χ0n) is 11.3. The van der Waals surface area contributed by atoms with Gasteiger partial charge in [0.1, 0.15) is 11.6 Å². The number of hydrogen-bond acceptors (Lipinski definition) is 3. The predicted molar refractivity (Wildman–Crippen MR) is 75.1 cm³/mol. The van der Waals surface area contributed by atoms with Gasteiger partial charge in [-0.2, -0.15) is 0 Å². The molecule has 0 radical (unpaired) electrons. The third-order valence-electron chi connectivity index (χ3n) is 3.81. The second-order valence-electron chi connectivity index (χ2n) is 5.22. The molecule has 0 aliphatic carbocycles. The lowest BCUT2D eigenvalue weighted by Crippen LogP contribution is -2.30. The summed E-state index contributed by atoms with van der Waals surface area (Å²) in [6, 6.07) is 10.5. The summed E-state index contributed by atoms with van der Waals surface area (Å²) in [7, 11) is 0. The molecular weight excluding hydrogens is 236 g/mol. The van der Waals surface area contributed by atoms with Crippen molar-refractivity contribution in [3.05, 3.63) is 47.5 Å². The molecule has 0 amide bonds. The van der Waals surface area contributed by atoms with Crippen molar-refractivity contribution in [3.63, 3.8) is 0 Å². The van der Waals surface area contributed by atoms with Gasteiger partial charge in [-0.1, -0.05) is 30.3 Å². The fourth-order valence-corrected chi connectivity index (χ4v) is 2.73. The fourth-order valence-electron chi connectivity index (χ4n) is 2.73. The number of piperidine rings is 1. The summed E-state index contributed by atoms with van der Waals surface area (Å²) in [5.41, 5.74) is 1.30. The van der Waals surface area contributed by atoms with Gasteiger partial charge in [0.2, 0.25) is 0 Å². The first kappa shape index (κ1) is 12.4. The summed E-state index contributed by atoms with van der Waals surface area (Å²) in [5.74, 6) is 2.64. The molecule has 1 aliphatic rings. The second-order valence-corrected chi connectivity index (χ2v) is 5.22. The summed E-state index contributed by atoms with van der Waals surface area (Å²) >= 11 is 0. The Morgan fingerprint density at radius 1 is 1.26 bits per heavy atom. The maximum Gasteiger partial charge on any atom is 0.137 e. The zero-order valence-corrected chi connectivity index (χ0v) is 11.3. The molecule has 1 saturated heterocycles. The normalized spacial score (nSPS) is 19.5. The van der Waals surface area contributed by atoms with Crippen molar-refractivity contribution < 1.29 is 0 Å². The number of rotatable bonds is 3. The number of benzene rings is 1. The van der Waals surface area contributed by atoms with Gasteiger partial charge in [0.15, 0.2) is 0 Å². The van der Waals surface area contributed by atoms with Crippen LogP contribution in [0.5, 0.6) is 0 Å². The van der Waals surface area contributed by atoms with Gasteiger partial charge in [0.05, 0.1) is 6.54 Å². The minimum Gasteiger partial charge on any atom is -0.316 e. The molecule has 1 aromatic heterocycles. The van der Waals surface area contributed by atoms with E-state index in [1.807, 2.05) is 6.92 Å². The molecule has 2 aromatic rings. The SMILES string of the molecule is Cc1nnc(C2CCCNC2)n1Cc1ccccc1.